The number of nitrogen functional groups attached to an aromatic ring is 3. The maximum absolute atomic E-state index is 12.8. The van der Waals surface area contributed by atoms with Crippen molar-refractivity contribution in [3.05, 3.63) is 239 Å². The zero-order chi connectivity index (χ0) is 72.3. The van der Waals surface area contributed by atoms with Crippen molar-refractivity contribution in [2.45, 2.75) is 0 Å². The molecule has 11 N–H and O–H groups in total. The standard InChI is InChI=1S/5C7H6O2.3C6H6FN/c5*8-5-6-1-3-7(9)4-2-6;3*7-5-1-3-6(8)4-2-5/h5*1-5,9H;3*1-4H,8H2/i1D,2D,3D,4D,5D;1D,2D,3D,4D;2*3D,4D,5D;5D;1D,2D,3D,4D;3D,4D;1D,2D. The number of phenols is 5. The van der Waals surface area contributed by atoms with Crippen LogP contribution in [0.15, 0.2) is 194 Å². The third-order valence-electron chi connectivity index (χ3n) is 6.22. The second kappa shape index (κ2) is 33.8. The highest BCUT2D eigenvalue weighted by Crippen LogP contribution is 2.11. The largest absolute Gasteiger partial charge is 0.508 e. The normalized spacial score (nSPS) is 13.8. The Morgan fingerprint density at radius 2 is 0.652 bits per heavy atom. The van der Waals surface area contributed by atoms with Gasteiger partial charge in [-0.15, -0.1) is 0 Å². The fraction of sp³-hybridized carbons (Fsp3) is 0. The van der Waals surface area contributed by atoms with E-state index in [1.54, 1.807) is 0 Å². The first-order valence-electron chi connectivity index (χ1n) is 29.8. The number of carbonyl (C=O) groups excluding carboxylic acids is 5. The van der Waals surface area contributed by atoms with Crippen molar-refractivity contribution in [2.24, 2.45) is 0 Å². The SMILES string of the molecule is [2H]C(=O)c1c([2H])c([2H])c(O)c([2H])c1[2H].[2H]C(=O)c1cc([2H])c(O)c([2H])c1.[2H]C(=O)c1cc([2H])c(O)c([2H])c1.[2H]C(=O)c1ccc(O)cc1.[2H]c1c([2H])c(C=O)c([2H])c([2H])c1O.[2H]c1c([2H])c(F)c([2H])c([2H])c1N.[2H]c1cc(F)cc([2H])c1N.[2H]c1cc(N)cc([2H])c1F. The number of hydrogen-bond acceptors (Lipinski definition) is 13. The minimum Gasteiger partial charge on any atom is -0.508 e. The van der Waals surface area contributed by atoms with Gasteiger partial charge in [-0.05, 0) is 194 Å². The summed E-state index contributed by atoms with van der Waals surface area (Å²) in [6, 6.07) is 4.40. The zero-order valence-electron chi connectivity index (χ0n) is 58.6. The fourth-order valence-corrected chi connectivity index (χ4v) is 3.19. The Morgan fingerprint density at radius 3 is 1.03 bits per heavy atom. The van der Waals surface area contributed by atoms with Crippen LogP contribution in [0.25, 0.3) is 0 Å². The molecule has 0 radical (unpaired) electrons. The van der Waals surface area contributed by atoms with Crippen molar-refractivity contribution in [1.82, 2.24) is 0 Å². The molecule has 0 saturated heterocycles. The van der Waals surface area contributed by atoms with E-state index in [2.05, 4.69) is 0 Å². The summed E-state index contributed by atoms with van der Waals surface area (Å²) < 4.78 is 206. The van der Waals surface area contributed by atoms with Crippen molar-refractivity contribution < 1.29 is 95.6 Å². The van der Waals surface area contributed by atoms with E-state index in [0.29, 0.717) is 0 Å². The molecule has 8 aromatic carbocycles. The molecule has 0 aliphatic carbocycles. The first kappa shape index (κ1) is 29.0. The van der Waals surface area contributed by atoms with Gasteiger partial charge in [0.05, 0.1) is 27.4 Å². The quantitative estimate of drug-likeness (QED) is 0.0590. The van der Waals surface area contributed by atoms with Gasteiger partial charge in [0.1, 0.15) is 83.0 Å². The topological polar surface area (TPSA) is 265 Å². The number of carbonyl (C=O) groups is 5. The summed E-state index contributed by atoms with van der Waals surface area (Å²) in [5.41, 5.74) is 14.8. The van der Waals surface area contributed by atoms with Gasteiger partial charge in [0.15, 0.2) is 0 Å². The van der Waals surface area contributed by atoms with Crippen LogP contribution in [0.3, 0.4) is 0 Å². The van der Waals surface area contributed by atoms with E-state index in [-0.39, 0.29) is 99.7 Å². The average Bonchev–Trinajstić information content (AvgIpc) is 0.872. The number of aldehydes is 5. The van der Waals surface area contributed by atoms with Gasteiger partial charge in [0, 0.05) is 44.9 Å². The molecule has 0 aliphatic heterocycles. The summed E-state index contributed by atoms with van der Waals surface area (Å²) in [7, 11) is 0. The van der Waals surface area contributed by atoms with Crippen LogP contribution in [0.5, 0.6) is 28.7 Å². The lowest BCUT2D eigenvalue weighted by atomic mass is 10.2. The highest BCUT2D eigenvalue weighted by atomic mass is 19.1. The average molecular weight is 968 g/mol. The second-order valence-electron chi connectivity index (χ2n) is 11.3. The van der Waals surface area contributed by atoms with Gasteiger partial charge in [-0.25, -0.2) is 13.2 Å². The second-order valence-corrected chi connectivity index (χ2v) is 11.3. The molecular weight excluding hydrogens is 896 g/mol. The Balaban J connectivity index is 0.000000533. The highest BCUT2D eigenvalue weighted by molar-refractivity contribution is 5.76. The molecule has 356 valence electrons. The highest BCUT2D eigenvalue weighted by Gasteiger charge is 1.91. The maximum Gasteiger partial charge on any atom is 0.150 e. The van der Waals surface area contributed by atoms with Crippen molar-refractivity contribution in [3.63, 3.8) is 0 Å². The number of rotatable bonds is 5. The van der Waals surface area contributed by atoms with Crippen LogP contribution in [-0.4, -0.2) is 56.9 Å². The third kappa shape index (κ3) is 28.7. The lowest BCUT2D eigenvalue weighted by Crippen LogP contribution is -1.82. The van der Waals surface area contributed by atoms with Crippen molar-refractivity contribution >= 4 is 48.4 Å². The number of anilines is 3. The Morgan fingerprint density at radius 1 is 0.319 bits per heavy atom. The predicted molar refractivity (Wildman–Crippen MR) is 260 cm³/mol. The van der Waals surface area contributed by atoms with Gasteiger partial charge < -0.3 is 42.7 Å². The van der Waals surface area contributed by atoms with Gasteiger partial charge in [-0.1, -0.05) is 0 Å². The molecule has 0 fully saturated rings. The van der Waals surface area contributed by atoms with E-state index >= 15 is 0 Å². The van der Waals surface area contributed by atoms with E-state index in [0.717, 1.165) is 36.4 Å². The molecule has 0 aliphatic rings. The summed E-state index contributed by atoms with van der Waals surface area (Å²) >= 11 is 0. The summed E-state index contributed by atoms with van der Waals surface area (Å²) in [6.07, 6.45) is -3.73. The van der Waals surface area contributed by atoms with Crippen LogP contribution in [-0.2, 0) is 0 Å². The number of hydrogen-bond donors (Lipinski definition) is 8. The molecule has 0 aromatic heterocycles. The lowest BCUT2D eigenvalue weighted by molar-refractivity contribution is 0.111. The summed E-state index contributed by atoms with van der Waals surface area (Å²) in [6.45, 7) is 0. The predicted octanol–water partition coefficient (Wildman–Crippen LogP) is 10.2. The van der Waals surface area contributed by atoms with Crippen LogP contribution in [0.2, 0.25) is 0 Å². The molecule has 8 aromatic rings. The monoisotopic (exact) mass is 967 g/mol. The molecule has 0 unspecified atom stereocenters. The Kier molecular flexibility index (Phi) is 14.2. The van der Waals surface area contributed by atoms with Gasteiger partial charge in [0.25, 0.3) is 0 Å². The van der Waals surface area contributed by atoms with Crippen molar-refractivity contribution in [3.8, 4) is 28.7 Å². The number of aromatic hydroxyl groups is 5. The van der Waals surface area contributed by atoms with Crippen LogP contribution in [0.4, 0.5) is 30.2 Å². The molecule has 0 saturated carbocycles. The van der Waals surface area contributed by atoms with E-state index in [1.807, 2.05) is 0 Å². The molecule has 8 rings (SSSR count). The van der Waals surface area contributed by atoms with Gasteiger partial charge in [0.2, 0.25) is 0 Å². The maximum atomic E-state index is 12.8. The van der Waals surface area contributed by atoms with E-state index < -0.39 is 144 Å². The number of halogens is 3. The Bertz CT molecular complexity index is 3760. The summed E-state index contributed by atoms with van der Waals surface area (Å²) in [4.78, 5) is 52.4. The molecule has 0 bridgehead atoms. The van der Waals surface area contributed by atoms with E-state index in [4.69, 9.17) is 75.6 Å². The first-order chi connectivity index (χ1) is 42.8. The van der Waals surface area contributed by atoms with Gasteiger partial charge in [-0.3, -0.25) is 24.0 Å². The van der Waals surface area contributed by atoms with Crippen LogP contribution in [0, 0.1) is 17.5 Å². The molecule has 69 heavy (non-hydrogen) atoms. The number of nitrogens with two attached hydrogens (primary N) is 3. The van der Waals surface area contributed by atoms with Crippen LogP contribution < -0.4 is 17.2 Å². The summed E-state index contributed by atoms with van der Waals surface area (Å²) in [5, 5.41) is 44.8. The van der Waals surface area contributed by atoms with Gasteiger partial charge in [-0.2, -0.15) is 0 Å². The minimum atomic E-state index is -1.30. The van der Waals surface area contributed by atoms with Crippen LogP contribution in [0.1, 0.15) is 84.7 Å². The molecular formula is C53H48F3N3O10. The summed E-state index contributed by atoms with van der Waals surface area (Å²) in [5.74, 6) is -4.98. The Hall–Kier alpha value is -9.70. The van der Waals surface area contributed by atoms with Crippen molar-refractivity contribution in [2.75, 3.05) is 17.2 Å². The Labute approximate surface area is 429 Å². The third-order valence-corrected chi connectivity index (χ3v) is 6.22. The van der Waals surface area contributed by atoms with E-state index in [9.17, 15) is 37.1 Å². The minimum absolute atomic E-state index is 0.0152. The van der Waals surface area contributed by atoms with Crippen molar-refractivity contribution in [1.29, 1.82) is 0 Å². The molecule has 13 nitrogen and oxygen atoms in total. The number of phenolic OH excluding ortho intramolecular Hbond substituents is 5. The van der Waals surface area contributed by atoms with Gasteiger partial charge >= 0.3 is 0 Å². The fourth-order valence-electron chi connectivity index (χ4n) is 3.19. The number of benzene rings is 8. The lowest BCUT2D eigenvalue weighted by Gasteiger charge is -1.88. The molecule has 0 heterocycles. The molecule has 0 atom stereocenters. The van der Waals surface area contributed by atoms with Crippen LogP contribution >= 0.6 is 0 Å². The zero-order valence-corrected chi connectivity index (χ0v) is 34.6. The van der Waals surface area contributed by atoms with E-state index in [1.165, 1.54) is 36.4 Å². The molecule has 16 heteroatoms. The smallest absolute Gasteiger partial charge is 0.150 e. The molecule has 0 amide bonds. The first-order valence-corrected chi connectivity index (χ1v) is 17.8. The molecule has 0 spiro atoms.